The highest BCUT2D eigenvalue weighted by Crippen LogP contribution is 2.11. The molecular formula is C20H24N2O3. The van der Waals surface area contributed by atoms with Gasteiger partial charge in [-0.15, -0.1) is 0 Å². The zero-order valence-electron chi connectivity index (χ0n) is 14.7. The van der Waals surface area contributed by atoms with Gasteiger partial charge in [-0.3, -0.25) is 4.79 Å². The first kappa shape index (κ1) is 18.5. The average molecular weight is 340 g/mol. The van der Waals surface area contributed by atoms with Crippen molar-refractivity contribution in [3.63, 3.8) is 0 Å². The number of hydrogen-bond acceptors (Lipinski definition) is 4. The van der Waals surface area contributed by atoms with Crippen molar-refractivity contribution < 1.29 is 14.3 Å². The van der Waals surface area contributed by atoms with E-state index in [0.29, 0.717) is 18.7 Å². The van der Waals surface area contributed by atoms with Crippen LogP contribution in [-0.2, 0) is 16.1 Å². The monoisotopic (exact) mass is 340 g/mol. The van der Waals surface area contributed by atoms with E-state index in [-0.39, 0.29) is 18.4 Å². The third-order valence-corrected chi connectivity index (χ3v) is 3.69. The summed E-state index contributed by atoms with van der Waals surface area (Å²) in [6.07, 6.45) is 0.796. The molecule has 2 rings (SSSR count). The predicted octanol–water partition coefficient (Wildman–Crippen LogP) is 3.32. The zero-order valence-corrected chi connectivity index (χ0v) is 14.7. The third-order valence-electron chi connectivity index (χ3n) is 3.69. The lowest BCUT2D eigenvalue weighted by molar-refractivity contribution is -0.128. The van der Waals surface area contributed by atoms with Crippen molar-refractivity contribution in [1.29, 1.82) is 0 Å². The normalized spacial score (nSPS) is 10.2. The molecule has 0 fully saturated rings. The van der Waals surface area contributed by atoms with Crippen LogP contribution in [0.2, 0.25) is 0 Å². The number of carbonyl (C=O) groups is 2. The Labute approximate surface area is 148 Å². The van der Waals surface area contributed by atoms with E-state index >= 15 is 0 Å². The van der Waals surface area contributed by atoms with Gasteiger partial charge in [-0.05, 0) is 36.2 Å². The molecule has 0 aliphatic rings. The molecule has 25 heavy (non-hydrogen) atoms. The number of nitrogens with zero attached hydrogens (tertiary/aromatic N) is 1. The maximum atomic E-state index is 12.2. The summed E-state index contributed by atoms with van der Waals surface area (Å²) in [5, 5.41) is 3.08. The molecule has 1 amide bonds. The second kappa shape index (κ2) is 9.47. The molecule has 2 aromatic carbocycles. The van der Waals surface area contributed by atoms with Gasteiger partial charge < -0.3 is 15.0 Å². The molecular weight excluding hydrogens is 316 g/mol. The minimum Gasteiger partial charge on any atom is -0.462 e. The van der Waals surface area contributed by atoms with Crippen LogP contribution in [0.1, 0.15) is 29.3 Å². The van der Waals surface area contributed by atoms with Gasteiger partial charge in [0.2, 0.25) is 5.91 Å². The van der Waals surface area contributed by atoms with E-state index in [1.807, 2.05) is 37.3 Å². The number of rotatable bonds is 8. The predicted molar refractivity (Wildman–Crippen MR) is 98.4 cm³/mol. The van der Waals surface area contributed by atoms with Gasteiger partial charge in [-0.2, -0.15) is 0 Å². The quantitative estimate of drug-likeness (QED) is 0.749. The molecule has 2 aromatic rings. The van der Waals surface area contributed by atoms with Gasteiger partial charge in [0.25, 0.3) is 0 Å². The fraction of sp³-hybridized carbons (Fsp3) is 0.300. The van der Waals surface area contributed by atoms with Gasteiger partial charge in [-0.25, -0.2) is 4.79 Å². The zero-order chi connectivity index (χ0) is 18.1. The summed E-state index contributed by atoms with van der Waals surface area (Å²) in [6, 6.07) is 16.8. The Morgan fingerprint density at radius 2 is 1.72 bits per heavy atom. The van der Waals surface area contributed by atoms with Crippen LogP contribution in [0.5, 0.6) is 0 Å². The van der Waals surface area contributed by atoms with Gasteiger partial charge in [0.05, 0.1) is 18.7 Å². The van der Waals surface area contributed by atoms with Crippen molar-refractivity contribution in [2.75, 3.05) is 25.5 Å². The Kier molecular flexibility index (Phi) is 7.01. The third kappa shape index (κ3) is 5.95. The molecule has 0 heterocycles. The van der Waals surface area contributed by atoms with Crippen molar-refractivity contribution in [2.24, 2.45) is 0 Å². The number of ether oxygens (including phenoxy) is 1. The van der Waals surface area contributed by atoms with Gasteiger partial charge in [0, 0.05) is 19.3 Å². The molecule has 0 aliphatic carbocycles. The van der Waals surface area contributed by atoms with Gasteiger partial charge in [0.1, 0.15) is 0 Å². The molecule has 0 bridgehead atoms. The van der Waals surface area contributed by atoms with E-state index in [4.69, 9.17) is 4.74 Å². The van der Waals surface area contributed by atoms with E-state index in [1.165, 1.54) is 0 Å². The Hall–Kier alpha value is -2.82. The maximum Gasteiger partial charge on any atom is 0.338 e. The Morgan fingerprint density at radius 1 is 1.04 bits per heavy atom. The summed E-state index contributed by atoms with van der Waals surface area (Å²) < 4.78 is 5.08. The first-order valence-electron chi connectivity index (χ1n) is 8.39. The second-order valence-corrected chi connectivity index (χ2v) is 5.80. The summed E-state index contributed by atoms with van der Waals surface area (Å²) in [5.74, 6) is -0.331. The van der Waals surface area contributed by atoms with Crippen LogP contribution in [0, 0.1) is 0 Å². The van der Waals surface area contributed by atoms with Crippen LogP contribution in [0.25, 0.3) is 0 Å². The highest BCUT2D eigenvalue weighted by atomic mass is 16.5. The number of carbonyl (C=O) groups excluding carboxylic acids is 2. The Morgan fingerprint density at radius 3 is 2.36 bits per heavy atom. The molecule has 1 N–H and O–H groups in total. The molecule has 0 radical (unpaired) electrons. The summed E-state index contributed by atoms with van der Waals surface area (Å²) in [6.45, 7) is 3.14. The smallest absolute Gasteiger partial charge is 0.338 e. The number of esters is 1. The van der Waals surface area contributed by atoms with Crippen LogP contribution in [-0.4, -0.2) is 37.0 Å². The molecule has 132 valence electrons. The van der Waals surface area contributed by atoms with Gasteiger partial charge in [-0.1, -0.05) is 37.3 Å². The molecule has 0 unspecified atom stereocenters. The van der Waals surface area contributed by atoms with Crippen LogP contribution in [0.4, 0.5) is 5.69 Å². The summed E-state index contributed by atoms with van der Waals surface area (Å²) in [5.41, 5.74) is 2.38. The number of nitrogens with one attached hydrogen (secondary N) is 1. The Bertz CT molecular complexity index is 684. The van der Waals surface area contributed by atoms with Crippen molar-refractivity contribution >= 4 is 17.6 Å². The lowest BCUT2D eigenvalue weighted by Gasteiger charge is -2.18. The molecule has 0 aromatic heterocycles. The number of likely N-dealkylation sites (N-methyl/N-ethyl adjacent to an activating group) is 1. The highest BCUT2D eigenvalue weighted by Gasteiger charge is 2.10. The summed E-state index contributed by atoms with van der Waals surface area (Å²) in [4.78, 5) is 25.6. The van der Waals surface area contributed by atoms with Crippen LogP contribution in [0.15, 0.2) is 54.6 Å². The first-order valence-corrected chi connectivity index (χ1v) is 8.39. The number of benzene rings is 2. The van der Waals surface area contributed by atoms with Crippen LogP contribution >= 0.6 is 0 Å². The topological polar surface area (TPSA) is 58.6 Å². The molecule has 0 atom stereocenters. The van der Waals surface area contributed by atoms with E-state index < -0.39 is 0 Å². The molecule has 0 saturated heterocycles. The minimum atomic E-state index is -0.327. The van der Waals surface area contributed by atoms with E-state index in [9.17, 15) is 9.59 Å². The van der Waals surface area contributed by atoms with E-state index in [2.05, 4.69) is 5.32 Å². The number of anilines is 1. The lowest BCUT2D eigenvalue weighted by Crippen LogP contribution is -2.31. The lowest BCUT2D eigenvalue weighted by atomic mass is 10.2. The second-order valence-electron chi connectivity index (χ2n) is 5.80. The standard InChI is InChI=1S/C20H24N2O3/c1-3-13-25-20(24)17-9-11-18(12-10-17)21-14-19(23)22(2)15-16-7-5-4-6-8-16/h4-12,21H,3,13-15H2,1-2H3. The fourth-order valence-electron chi connectivity index (χ4n) is 2.26. The summed E-state index contributed by atoms with van der Waals surface area (Å²) >= 11 is 0. The molecule has 0 spiro atoms. The Balaban J connectivity index is 1.82. The SMILES string of the molecule is CCCOC(=O)c1ccc(NCC(=O)N(C)Cc2ccccc2)cc1. The van der Waals surface area contributed by atoms with Crippen LogP contribution < -0.4 is 5.32 Å². The van der Waals surface area contributed by atoms with E-state index in [1.54, 1.807) is 36.2 Å². The summed E-state index contributed by atoms with van der Waals surface area (Å²) in [7, 11) is 1.78. The minimum absolute atomic E-state index is 0.00437. The number of hydrogen-bond donors (Lipinski definition) is 1. The maximum absolute atomic E-state index is 12.2. The molecule has 0 aliphatic heterocycles. The van der Waals surface area contributed by atoms with Crippen molar-refractivity contribution in [2.45, 2.75) is 19.9 Å². The fourth-order valence-corrected chi connectivity index (χ4v) is 2.26. The number of amides is 1. The van der Waals surface area contributed by atoms with E-state index in [0.717, 1.165) is 17.7 Å². The van der Waals surface area contributed by atoms with Gasteiger partial charge >= 0.3 is 5.97 Å². The molecule has 0 saturated carbocycles. The van der Waals surface area contributed by atoms with Crippen molar-refractivity contribution in [3.8, 4) is 0 Å². The van der Waals surface area contributed by atoms with Crippen molar-refractivity contribution in [1.82, 2.24) is 4.90 Å². The first-order chi connectivity index (χ1) is 12.1. The highest BCUT2D eigenvalue weighted by molar-refractivity contribution is 5.90. The molecule has 5 nitrogen and oxygen atoms in total. The average Bonchev–Trinajstić information content (AvgIpc) is 2.65. The van der Waals surface area contributed by atoms with Gasteiger partial charge in [0.15, 0.2) is 0 Å². The largest absolute Gasteiger partial charge is 0.462 e. The van der Waals surface area contributed by atoms with Crippen LogP contribution in [0.3, 0.4) is 0 Å². The molecule has 5 heteroatoms. The van der Waals surface area contributed by atoms with Crippen molar-refractivity contribution in [3.05, 3.63) is 65.7 Å².